The van der Waals surface area contributed by atoms with Gasteiger partial charge in [-0.05, 0) is 49.8 Å². The number of rotatable bonds is 7. The summed E-state index contributed by atoms with van der Waals surface area (Å²) in [5.41, 5.74) is 0.643. The van der Waals surface area contributed by atoms with Crippen LogP contribution < -0.4 is 5.32 Å². The summed E-state index contributed by atoms with van der Waals surface area (Å²) >= 11 is 0. The Balaban J connectivity index is 1.71. The van der Waals surface area contributed by atoms with Crippen molar-refractivity contribution >= 4 is 5.91 Å². The zero-order valence-corrected chi connectivity index (χ0v) is 14.5. The number of aliphatic hydroxyl groups excluding tert-OH is 1. The third kappa shape index (κ3) is 5.87. The summed E-state index contributed by atoms with van der Waals surface area (Å²) in [5.74, 6) is 0.0113. The second-order valence-electron chi connectivity index (χ2n) is 6.88. The summed E-state index contributed by atoms with van der Waals surface area (Å²) in [6.45, 7) is 4.07. The van der Waals surface area contributed by atoms with Crippen LogP contribution in [0.1, 0.15) is 57.6 Å². The maximum absolute atomic E-state index is 12.9. The standard InChI is InChI=1S/C19H28FNO3/c1-13-5-3-4-6-18(13)24-12-19(23)21-14(2)11-17(22)15-7-9-16(20)10-8-15/h7-10,13-14,17-18,22H,3-6,11-12H2,1-2H3,(H,21,23). The van der Waals surface area contributed by atoms with Gasteiger partial charge in [-0.3, -0.25) is 4.79 Å². The largest absolute Gasteiger partial charge is 0.388 e. The summed E-state index contributed by atoms with van der Waals surface area (Å²) in [6.07, 6.45) is 4.39. The molecule has 1 aliphatic carbocycles. The van der Waals surface area contributed by atoms with Gasteiger partial charge in [-0.25, -0.2) is 4.39 Å². The summed E-state index contributed by atoms with van der Waals surface area (Å²) in [4.78, 5) is 12.0. The van der Waals surface area contributed by atoms with Crippen LogP contribution in [0.4, 0.5) is 4.39 Å². The molecular formula is C19H28FNO3. The Kier molecular flexibility index (Phi) is 7.18. The molecule has 1 aromatic carbocycles. The minimum atomic E-state index is -0.736. The lowest BCUT2D eigenvalue weighted by atomic mass is 9.88. The smallest absolute Gasteiger partial charge is 0.246 e. The third-order valence-corrected chi connectivity index (χ3v) is 4.70. The fourth-order valence-corrected chi connectivity index (χ4v) is 3.24. The van der Waals surface area contributed by atoms with Crippen molar-refractivity contribution in [1.29, 1.82) is 0 Å². The van der Waals surface area contributed by atoms with E-state index in [0.717, 1.165) is 19.3 Å². The molecule has 0 saturated heterocycles. The highest BCUT2D eigenvalue weighted by molar-refractivity contribution is 5.77. The van der Waals surface area contributed by atoms with Gasteiger partial charge in [-0.15, -0.1) is 0 Å². The molecule has 0 aromatic heterocycles. The minimum Gasteiger partial charge on any atom is -0.388 e. The van der Waals surface area contributed by atoms with Crippen LogP contribution in [0.15, 0.2) is 24.3 Å². The number of hydrogen-bond acceptors (Lipinski definition) is 3. The Morgan fingerprint density at radius 2 is 2.00 bits per heavy atom. The van der Waals surface area contributed by atoms with E-state index >= 15 is 0 Å². The third-order valence-electron chi connectivity index (χ3n) is 4.70. The molecule has 2 rings (SSSR count). The Morgan fingerprint density at radius 1 is 1.33 bits per heavy atom. The second kappa shape index (κ2) is 9.14. The monoisotopic (exact) mass is 337 g/mol. The molecule has 1 aliphatic rings. The van der Waals surface area contributed by atoms with Gasteiger partial charge in [0.1, 0.15) is 12.4 Å². The van der Waals surface area contributed by atoms with E-state index in [1.54, 1.807) is 12.1 Å². The van der Waals surface area contributed by atoms with Crippen molar-refractivity contribution in [2.24, 2.45) is 5.92 Å². The van der Waals surface area contributed by atoms with Crippen LogP contribution in [0.25, 0.3) is 0 Å². The summed E-state index contributed by atoms with van der Waals surface area (Å²) in [7, 11) is 0. The molecule has 1 saturated carbocycles. The molecule has 0 radical (unpaired) electrons. The molecule has 4 nitrogen and oxygen atoms in total. The van der Waals surface area contributed by atoms with Gasteiger partial charge < -0.3 is 15.2 Å². The first-order chi connectivity index (χ1) is 11.5. The Labute approximate surface area is 143 Å². The first-order valence-corrected chi connectivity index (χ1v) is 8.80. The van der Waals surface area contributed by atoms with Crippen molar-refractivity contribution in [3.8, 4) is 0 Å². The fourth-order valence-electron chi connectivity index (χ4n) is 3.24. The van der Waals surface area contributed by atoms with Crippen molar-refractivity contribution in [3.63, 3.8) is 0 Å². The van der Waals surface area contributed by atoms with E-state index in [4.69, 9.17) is 4.74 Å². The van der Waals surface area contributed by atoms with Crippen molar-refractivity contribution in [2.75, 3.05) is 6.61 Å². The lowest BCUT2D eigenvalue weighted by molar-refractivity contribution is -0.130. The number of nitrogens with one attached hydrogen (secondary N) is 1. The number of carbonyl (C=O) groups excluding carboxylic acids is 1. The zero-order chi connectivity index (χ0) is 17.5. The van der Waals surface area contributed by atoms with Crippen LogP contribution in [0.2, 0.25) is 0 Å². The molecule has 24 heavy (non-hydrogen) atoms. The highest BCUT2D eigenvalue weighted by atomic mass is 19.1. The van der Waals surface area contributed by atoms with Gasteiger partial charge in [0.2, 0.25) is 5.91 Å². The van der Waals surface area contributed by atoms with Crippen LogP contribution in [0.5, 0.6) is 0 Å². The maximum Gasteiger partial charge on any atom is 0.246 e. The molecule has 4 unspecified atom stereocenters. The minimum absolute atomic E-state index is 0.0615. The van der Waals surface area contributed by atoms with E-state index in [1.807, 2.05) is 6.92 Å². The van der Waals surface area contributed by atoms with Gasteiger partial charge in [0.05, 0.1) is 12.2 Å². The van der Waals surface area contributed by atoms with E-state index in [2.05, 4.69) is 12.2 Å². The number of ether oxygens (including phenoxy) is 1. The molecule has 0 spiro atoms. The van der Waals surface area contributed by atoms with Crippen LogP contribution in [0.3, 0.4) is 0 Å². The van der Waals surface area contributed by atoms with Gasteiger partial charge in [-0.1, -0.05) is 31.9 Å². The van der Waals surface area contributed by atoms with Crippen molar-refractivity contribution in [3.05, 3.63) is 35.6 Å². The zero-order valence-electron chi connectivity index (χ0n) is 14.5. The highest BCUT2D eigenvalue weighted by Gasteiger charge is 2.23. The SMILES string of the molecule is CC(CC(O)c1ccc(F)cc1)NC(=O)COC1CCCCC1C. The number of carbonyl (C=O) groups is 1. The molecule has 1 aromatic rings. The van der Waals surface area contributed by atoms with Crippen LogP contribution in [-0.4, -0.2) is 29.8 Å². The average Bonchev–Trinajstić information content (AvgIpc) is 2.54. The van der Waals surface area contributed by atoms with Gasteiger partial charge >= 0.3 is 0 Å². The van der Waals surface area contributed by atoms with E-state index in [1.165, 1.54) is 18.6 Å². The van der Waals surface area contributed by atoms with Crippen molar-refractivity contribution in [1.82, 2.24) is 5.32 Å². The fraction of sp³-hybridized carbons (Fsp3) is 0.632. The Hall–Kier alpha value is -1.46. The average molecular weight is 337 g/mol. The summed E-state index contributed by atoms with van der Waals surface area (Å²) in [5, 5.41) is 13.0. The molecule has 5 heteroatoms. The molecule has 1 fully saturated rings. The van der Waals surface area contributed by atoms with Gasteiger partial charge in [-0.2, -0.15) is 0 Å². The van der Waals surface area contributed by atoms with Gasteiger partial charge in [0, 0.05) is 6.04 Å². The topological polar surface area (TPSA) is 58.6 Å². The van der Waals surface area contributed by atoms with Crippen LogP contribution in [-0.2, 0) is 9.53 Å². The summed E-state index contributed by atoms with van der Waals surface area (Å²) < 4.78 is 18.6. The molecule has 1 amide bonds. The first kappa shape index (κ1) is 18.9. The maximum atomic E-state index is 12.9. The van der Waals surface area contributed by atoms with Gasteiger partial charge in [0.15, 0.2) is 0 Å². The molecule has 0 aliphatic heterocycles. The first-order valence-electron chi connectivity index (χ1n) is 8.80. The second-order valence-corrected chi connectivity index (χ2v) is 6.88. The van der Waals surface area contributed by atoms with E-state index < -0.39 is 6.10 Å². The quantitative estimate of drug-likeness (QED) is 0.802. The highest BCUT2D eigenvalue weighted by Crippen LogP contribution is 2.26. The Bertz CT molecular complexity index is 520. The van der Waals surface area contributed by atoms with E-state index in [9.17, 15) is 14.3 Å². The van der Waals surface area contributed by atoms with E-state index in [-0.39, 0.29) is 30.5 Å². The number of halogens is 1. The molecule has 2 N–H and O–H groups in total. The molecule has 134 valence electrons. The number of benzene rings is 1. The molecule has 4 atom stereocenters. The van der Waals surface area contributed by atoms with Crippen molar-refractivity contribution < 1.29 is 19.0 Å². The van der Waals surface area contributed by atoms with E-state index in [0.29, 0.717) is 17.9 Å². The number of amides is 1. The summed E-state index contributed by atoms with van der Waals surface area (Å²) in [6, 6.07) is 5.57. The normalized spacial score (nSPS) is 23.5. The van der Waals surface area contributed by atoms with Crippen molar-refractivity contribution in [2.45, 2.75) is 64.2 Å². The molecule has 0 heterocycles. The predicted octanol–water partition coefficient (Wildman–Crippen LogP) is 3.35. The van der Waals surface area contributed by atoms with Crippen LogP contribution in [0, 0.1) is 11.7 Å². The lowest BCUT2D eigenvalue weighted by Crippen LogP contribution is -2.38. The molecule has 0 bridgehead atoms. The predicted molar refractivity (Wildman–Crippen MR) is 91.0 cm³/mol. The number of aliphatic hydroxyl groups is 1. The van der Waals surface area contributed by atoms with Crippen LogP contribution >= 0.6 is 0 Å². The lowest BCUT2D eigenvalue weighted by Gasteiger charge is -2.28. The number of hydrogen-bond donors (Lipinski definition) is 2. The Morgan fingerprint density at radius 3 is 2.67 bits per heavy atom. The van der Waals surface area contributed by atoms with Gasteiger partial charge in [0.25, 0.3) is 0 Å². The molecular weight excluding hydrogens is 309 g/mol.